The highest BCUT2D eigenvalue weighted by Crippen LogP contribution is 2.19. The van der Waals surface area contributed by atoms with Crippen molar-refractivity contribution in [2.45, 2.75) is 6.42 Å². The summed E-state index contributed by atoms with van der Waals surface area (Å²) < 4.78 is 0. The maximum Gasteiger partial charge on any atom is 0.249 e. The van der Waals surface area contributed by atoms with Gasteiger partial charge in [0.1, 0.15) is 0 Å². The Morgan fingerprint density at radius 2 is 2.40 bits per heavy atom. The summed E-state index contributed by atoms with van der Waals surface area (Å²) in [6.07, 6.45) is 8.55. The molecule has 0 fully saturated rings. The second-order valence-corrected chi connectivity index (χ2v) is 2.34. The first kappa shape index (κ1) is 5.47. The quantitative estimate of drug-likeness (QED) is 0.522. The molecule has 1 aliphatic heterocycles. The number of hydrogen-bond donors (Lipinski definition) is 1. The van der Waals surface area contributed by atoms with E-state index in [1.165, 1.54) is 0 Å². The van der Waals surface area contributed by atoms with E-state index in [0.717, 1.165) is 17.7 Å². The third-order valence-corrected chi connectivity index (χ3v) is 1.61. The molecule has 1 amide bonds. The fraction of sp³-hybridized carbons (Fsp3) is 0.125. The Morgan fingerprint density at radius 1 is 1.50 bits per heavy atom. The van der Waals surface area contributed by atoms with Gasteiger partial charge < -0.3 is 5.32 Å². The van der Waals surface area contributed by atoms with Crippen molar-refractivity contribution in [2.24, 2.45) is 0 Å². The van der Waals surface area contributed by atoms with Gasteiger partial charge in [-0.05, 0) is 6.42 Å². The van der Waals surface area contributed by atoms with Crippen LogP contribution in [0.4, 0.5) is 0 Å². The summed E-state index contributed by atoms with van der Waals surface area (Å²) in [4.78, 5) is 10.7. The summed E-state index contributed by atoms with van der Waals surface area (Å²) in [7, 11) is 0. The molecule has 50 valence electrons. The predicted molar refractivity (Wildman–Crippen MR) is 38.1 cm³/mol. The van der Waals surface area contributed by atoms with Gasteiger partial charge in [0.15, 0.2) is 0 Å². The van der Waals surface area contributed by atoms with Crippen LogP contribution in [0.1, 0.15) is 6.42 Å². The fourth-order valence-electron chi connectivity index (χ4n) is 1.15. The van der Waals surface area contributed by atoms with E-state index in [1.54, 1.807) is 6.08 Å². The minimum absolute atomic E-state index is 0.00667. The van der Waals surface area contributed by atoms with Crippen LogP contribution in [0.15, 0.2) is 35.6 Å². The van der Waals surface area contributed by atoms with Crippen molar-refractivity contribution in [1.29, 1.82) is 0 Å². The SMILES string of the molecule is O=C1C=C2C=CCC=C2N1. The second-order valence-electron chi connectivity index (χ2n) is 2.34. The topological polar surface area (TPSA) is 29.1 Å². The molecule has 0 bridgehead atoms. The highest BCUT2D eigenvalue weighted by Gasteiger charge is 2.15. The van der Waals surface area contributed by atoms with E-state index >= 15 is 0 Å². The minimum Gasteiger partial charge on any atom is -0.322 e. The molecule has 0 saturated heterocycles. The van der Waals surface area contributed by atoms with E-state index in [2.05, 4.69) is 5.32 Å². The van der Waals surface area contributed by atoms with Crippen LogP contribution in [-0.2, 0) is 4.79 Å². The zero-order valence-corrected chi connectivity index (χ0v) is 5.42. The van der Waals surface area contributed by atoms with Crippen molar-refractivity contribution >= 4 is 5.91 Å². The lowest BCUT2D eigenvalue weighted by Crippen LogP contribution is -2.13. The van der Waals surface area contributed by atoms with Crippen LogP contribution in [0.25, 0.3) is 0 Å². The van der Waals surface area contributed by atoms with Gasteiger partial charge in [0, 0.05) is 17.3 Å². The summed E-state index contributed by atoms with van der Waals surface area (Å²) in [5.41, 5.74) is 1.98. The molecule has 2 nitrogen and oxygen atoms in total. The van der Waals surface area contributed by atoms with Crippen LogP contribution in [0.2, 0.25) is 0 Å². The lowest BCUT2D eigenvalue weighted by atomic mass is 10.1. The lowest BCUT2D eigenvalue weighted by molar-refractivity contribution is -0.115. The Labute approximate surface area is 58.9 Å². The first-order valence-electron chi connectivity index (χ1n) is 3.26. The molecule has 0 aromatic rings. The number of allylic oxidation sites excluding steroid dienone is 3. The zero-order chi connectivity index (χ0) is 6.97. The second kappa shape index (κ2) is 1.84. The Hall–Kier alpha value is -1.31. The van der Waals surface area contributed by atoms with Gasteiger partial charge in [-0.1, -0.05) is 18.2 Å². The maximum atomic E-state index is 10.7. The zero-order valence-electron chi connectivity index (χ0n) is 5.42. The predicted octanol–water partition coefficient (Wildman–Crippen LogP) is 0.886. The van der Waals surface area contributed by atoms with Crippen molar-refractivity contribution < 1.29 is 4.79 Å². The number of hydrogen-bond acceptors (Lipinski definition) is 1. The smallest absolute Gasteiger partial charge is 0.249 e. The van der Waals surface area contributed by atoms with Crippen molar-refractivity contribution in [2.75, 3.05) is 0 Å². The Morgan fingerprint density at radius 3 is 3.20 bits per heavy atom. The molecule has 1 heterocycles. The van der Waals surface area contributed by atoms with E-state index < -0.39 is 0 Å². The number of amides is 1. The third-order valence-electron chi connectivity index (χ3n) is 1.61. The molecule has 0 unspecified atom stereocenters. The van der Waals surface area contributed by atoms with E-state index in [4.69, 9.17) is 0 Å². The van der Waals surface area contributed by atoms with Gasteiger partial charge in [-0.25, -0.2) is 0 Å². The van der Waals surface area contributed by atoms with Crippen LogP contribution >= 0.6 is 0 Å². The standard InChI is InChI=1S/C8H7NO/c10-8-5-6-3-1-2-4-7(6)9-8/h1,3-5H,2H2,(H,9,10). The molecular weight excluding hydrogens is 126 g/mol. The molecule has 0 spiro atoms. The normalized spacial score (nSPS) is 21.4. The molecule has 2 rings (SSSR count). The van der Waals surface area contributed by atoms with E-state index in [0.29, 0.717) is 0 Å². The molecule has 1 aliphatic carbocycles. The molecule has 0 aromatic carbocycles. The van der Waals surface area contributed by atoms with Crippen LogP contribution < -0.4 is 5.32 Å². The molecule has 0 atom stereocenters. The first-order chi connectivity index (χ1) is 4.86. The fourth-order valence-corrected chi connectivity index (χ4v) is 1.15. The number of carbonyl (C=O) groups excluding carboxylic acids is 1. The maximum absolute atomic E-state index is 10.7. The Balaban J connectivity index is 2.43. The molecule has 2 heteroatoms. The van der Waals surface area contributed by atoms with Crippen molar-refractivity contribution in [3.63, 3.8) is 0 Å². The van der Waals surface area contributed by atoms with Gasteiger partial charge in [0.2, 0.25) is 5.91 Å². The van der Waals surface area contributed by atoms with Crippen molar-refractivity contribution in [3.05, 3.63) is 35.6 Å². The average Bonchev–Trinajstić information content (AvgIpc) is 2.27. The van der Waals surface area contributed by atoms with E-state index in [-0.39, 0.29) is 5.91 Å². The van der Waals surface area contributed by atoms with Crippen LogP contribution in [0, 0.1) is 0 Å². The highest BCUT2D eigenvalue weighted by molar-refractivity contribution is 5.95. The molecule has 0 aromatic heterocycles. The number of rotatable bonds is 0. The lowest BCUT2D eigenvalue weighted by Gasteiger charge is -2.03. The van der Waals surface area contributed by atoms with Gasteiger partial charge in [0.25, 0.3) is 0 Å². The summed E-state index contributed by atoms with van der Waals surface area (Å²) in [5, 5.41) is 2.73. The third kappa shape index (κ3) is 0.692. The Bertz CT molecular complexity index is 271. The van der Waals surface area contributed by atoms with Crippen molar-refractivity contribution in [1.82, 2.24) is 5.32 Å². The van der Waals surface area contributed by atoms with E-state index in [1.807, 2.05) is 18.2 Å². The summed E-state index contributed by atoms with van der Waals surface area (Å²) in [5.74, 6) is -0.00667. The van der Waals surface area contributed by atoms with Gasteiger partial charge in [-0.2, -0.15) is 0 Å². The highest BCUT2D eigenvalue weighted by atomic mass is 16.1. The van der Waals surface area contributed by atoms with Crippen LogP contribution in [-0.4, -0.2) is 5.91 Å². The van der Waals surface area contributed by atoms with Crippen LogP contribution in [0.3, 0.4) is 0 Å². The largest absolute Gasteiger partial charge is 0.322 e. The summed E-state index contributed by atoms with van der Waals surface area (Å²) in [6.45, 7) is 0. The van der Waals surface area contributed by atoms with Gasteiger partial charge in [-0.3, -0.25) is 4.79 Å². The Kier molecular flexibility index (Phi) is 1.01. The van der Waals surface area contributed by atoms with Gasteiger partial charge in [-0.15, -0.1) is 0 Å². The molecular formula is C8H7NO. The molecule has 1 N–H and O–H groups in total. The average molecular weight is 133 g/mol. The van der Waals surface area contributed by atoms with E-state index in [9.17, 15) is 4.79 Å². The summed E-state index contributed by atoms with van der Waals surface area (Å²) >= 11 is 0. The number of fused-ring (bicyclic) bond motifs is 1. The van der Waals surface area contributed by atoms with Gasteiger partial charge >= 0.3 is 0 Å². The minimum atomic E-state index is -0.00667. The number of nitrogens with one attached hydrogen (secondary N) is 1. The first-order valence-corrected chi connectivity index (χ1v) is 3.26. The van der Waals surface area contributed by atoms with Gasteiger partial charge in [0.05, 0.1) is 0 Å². The summed E-state index contributed by atoms with van der Waals surface area (Å²) in [6, 6.07) is 0. The molecule has 10 heavy (non-hydrogen) atoms. The monoisotopic (exact) mass is 133 g/mol. The molecule has 0 saturated carbocycles. The molecule has 0 radical (unpaired) electrons. The molecule has 2 aliphatic rings. The van der Waals surface area contributed by atoms with Crippen molar-refractivity contribution in [3.8, 4) is 0 Å². The van der Waals surface area contributed by atoms with Crippen LogP contribution in [0.5, 0.6) is 0 Å². The number of carbonyl (C=O) groups is 1.